The van der Waals surface area contributed by atoms with Crippen molar-refractivity contribution in [2.75, 3.05) is 0 Å². The Kier molecular flexibility index (Phi) is 4.56. The molecule has 0 saturated heterocycles. The van der Waals surface area contributed by atoms with E-state index in [1.807, 2.05) is 6.07 Å². The van der Waals surface area contributed by atoms with E-state index in [0.29, 0.717) is 16.7 Å². The number of oxazole rings is 1. The summed E-state index contributed by atoms with van der Waals surface area (Å²) >= 11 is 0. The van der Waals surface area contributed by atoms with Crippen molar-refractivity contribution < 1.29 is 27.1 Å². The Morgan fingerprint density at radius 1 is 1.12 bits per heavy atom. The second-order valence-corrected chi connectivity index (χ2v) is 5.14. The summed E-state index contributed by atoms with van der Waals surface area (Å²) in [7, 11) is 0. The number of esters is 1. The Bertz CT molecular complexity index is 878. The molecule has 1 aromatic heterocycles. The van der Waals surface area contributed by atoms with Crippen molar-refractivity contribution in [2.45, 2.75) is 12.8 Å². The third-order valence-electron chi connectivity index (χ3n) is 3.33. The molecule has 0 amide bonds. The van der Waals surface area contributed by atoms with Gasteiger partial charge in [-0.15, -0.1) is 0 Å². The SMILES string of the molecule is O=C(/C=C/c1ccc(C(F)(F)F)cc1)OCc1nc2ccccc2o1. The van der Waals surface area contributed by atoms with Crippen LogP contribution in [0.15, 0.2) is 59.0 Å². The van der Waals surface area contributed by atoms with Crippen molar-refractivity contribution in [2.24, 2.45) is 0 Å². The van der Waals surface area contributed by atoms with Crippen LogP contribution in [0, 0.1) is 0 Å². The van der Waals surface area contributed by atoms with Gasteiger partial charge in [-0.3, -0.25) is 0 Å². The molecule has 128 valence electrons. The van der Waals surface area contributed by atoms with E-state index >= 15 is 0 Å². The van der Waals surface area contributed by atoms with Crippen molar-refractivity contribution >= 4 is 23.1 Å². The molecule has 0 saturated carbocycles. The lowest BCUT2D eigenvalue weighted by Crippen LogP contribution is -2.04. The topological polar surface area (TPSA) is 52.3 Å². The average molecular weight is 347 g/mol. The normalized spacial score (nSPS) is 12.0. The van der Waals surface area contributed by atoms with E-state index in [1.54, 1.807) is 18.2 Å². The number of rotatable bonds is 4. The second kappa shape index (κ2) is 6.80. The number of aromatic nitrogens is 1. The quantitative estimate of drug-likeness (QED) is 0.511. The van der Waals surface area contributed by atoms with Gasteiger partial charge in [0.1, 0.15) is 5.52 Å². The molecule has 0 bridgehead atoms. The van der Waals surface area contributed by atoms with Crippen LogP contribution in [0.25, 0.3) is 17.2 Å². The molecule has 1 heterocycles. The van der Waals surface area contributed by atoms with Gasteiger partial charge >= 0.3 is 12.1 Å². The van der Waals surface area contributed by atoms with Gasteiger partial charge in [0.15, 0.2) is 12.2 Å². The number of para-hydroxylation sites is 2. The molecule has 0 radical (unpaired) electrons. The van der Waals surface area contributed by atoms with Gasteiger partial charge in [-0.1, -0.05) is 24.3 Å². The van der Waals surface area contributed by atoms with Gasteiger partial charge in [-0.25, -0.2) is 9.78 Å². The van der Waals surface area contributed by atoms with Crippen LogP contribution in [-0.4, -0.2) is 11.0 Å². The average Bonchev–Trinajstić information content (AvgIpc) is 3.00. The Morgan fingerprint density at radius 3 is 2.52 bits per heavy atom. The standard InChI is InChI=1S/C18H12F3NO3/c19-18(20,21)13-8-5-12(6-9-13)7-10-17(23)24-11-16-22-14-3-1-2-4-15(14)25-16/h1-10H,11H2/b10-7+. The maximum Gasteiger partial charge on any atom is 0.416 e. The minimum atomic E-state index is -4.39. The Hall–Kier alpha value is -3.09. The van der Waals surface area contributed by atoms with Crippen molar-refractivity contribution in [3.05, 3.63) is 71.6 Å². The lowest BCUT2D eigenvalue weighted by molar-refractivity contribution is -0.139. The highest BCUT2D eigenvalue weighted by molar-refractivity contribution is 5.87. The van der Waals surface area contributed by atoms with E-state index in [9.17, 15) is 18.0 Å². The van der Waals surface area contributed by atoms with E-state index in [-0.39, 0.29) is 12.5 Å². The van der Waals surface area contributed by atoms with E-state index in [2.05, 4.69) is 4.98 Å². The van der Waals surface area contributed by atoms with Gasteiger partial charge in [0.05, 0.1) is 5.56 Å². The first-order chi connectivity index (χ1) is 11.9. The number of hydrogen-bond donors (Lipinski definition) is 0. The van der Waals surface area contributed by atoms with E-state index in [0.717, 1.165) is 18.2 Å². The molecule has 0 N–H and O–H groups in total. The Balaban J connectivity index is 1.57. The molecular weight excluding hydrogens is 335 g/mol. The van der Waals surface area contributed by atoms with Crippen molar-refractivity contribution in [1.82, 2.24) is 4.98 Å². The van der Waals surface area contributed by atoms with Crippen LogP contribution >= 0.6 is 0 Å². The molecule has 4 nitrogen and oxygen atoms in total. The summed E-state index contributed by atoms with van der Waals surface area (Å²) in [6.45, 7) is -0.134. The zero-order valence-electron chi connectivity index (χ0n) is 12.8. The molecule has 25 heavy (non-hydrogen) atoms. The Labute approximate surface area is 140 Å². The van der Waals surface area contributed by atoms with E-state index in [4.69, 9.17) is 9.15 Å². The van der Waals surface area contributed by atoms with Gasteiger partial charge in [0.25, 0.3) is 0 Å². The number of alkyl halides is 3. The number of hydrogen-bond acceptors (Lipinski definition) is 4. The molecule has 3 aromatic rings. The molecule has 0 aliphatic rings. The number of halogens is 3. The van der Waals surface area contributed by atoms with Crippen molar-refractivity contribution in [3.63, 3.8) is 0 Å². The van der Waals surface area contributed by atoms with Crippen molar-refractivity contribution in [3.8, 4) is 0 Å². The summed E-state index contributed by atoms with van der Waals surface area (Å²) in [6, 6.07) is 11.6. The second-order valence-electron chi connectivity index (χ2n) is 5.14. The van der Waals surface area contributed by atoms with Crippen LogP contribution in [-0.2, 0) is 22.3 Å². The highest BCUT2D eigenvalue weighted by Gasteiger charge is 2.29. The van der Waals surface area contributed by atoms with Gasteiger partial charge < -0.3 is 9.15 Å². The van der Waals surface area contributed by atoms with Crippen LogP contribution < -0.4 is 0 Å². The monoisotopic (exact) mass is 347 g/mol. The molecule has 0 fully saturated rings. The van der Waals surface area contributed by atoms with Gasteiger partial charge in [0, 0.05) is 6.08 Å². The highest BCUT2D eigenvalue weighted by Crippen LogP contribution is 2.29. The summed E-state index contributed by atoms with van der Waals surface area (Å²) in [5, 5.41) is 0. The fourth-order valence-corrected chi connectivity index (χ4v) is 2.11. The van der Waals surface area contributed by atoms with Gasteiger partial charge in [-0.2, -0.15) is 13.2 Å². The predicted molar refractivity (Wildman–Crippen MR) is 84.3 cm³/mol. The highest BCUT2D eigenvalue weighted by atomic mass is 19.4. The van der Waals surface area contributed by atoms with Crippen LogP contribution in [0.4, 0.5) is 13.2 Å². The number of nitrogens with zero attached hydrogens (tertiary/aromatic N) is 1. The fraction of sp³-hybridized carbons (Fsp3) is 0.111. The lowest BCUT2D eigenvalue weighted by atomic mass is 10.1. The minimum absolute atomic E-state index is 0.134. The van der Waals surface area contributed by atoms with E-state index < -0.39 is 17.7 Å². The molecular formula is C18H12F3NO3. The van der Waals surface area contributed by atoms with E-state index in [1.165, 1.54) is 18.2 Å². The molecule has 0 unspecified atom stereocenters. The maximum atomic E-state index is 12.5. The van der Waals surface area contributed by atoms with Crippen LogP contribution in [0.1, 0.15) is 17.0 Å². The number of ether oxygens (including phenoxy) is 1. The van der Waals surface area contributed by atoms with Crippen molar-refractivity contribution in [1.29, 1.82) is 0 Å². The molecule has 0 atom stereocenters. The maximum absolute atomic E-state index is 12.5. The number of carbonyl (C=O) groups excluding carboxylic acids is 1. The van der Waals surface area contributed by atoms with Crippen LogP contribution in [0.2, 0.25) is 0 Å². The smallest absolute Gasteiger partial charge is 0.416 e. The van der Waals surface area contributed by atoms with Gasteiger partial charge in [0.2, 0.25) is 5.89 Å². The first kappa shape index (κ1) is 16.8. The lowest BCUT2D eigenvalue weighted by Gasteiger charge is -2.05. The molecule has 7 heteroatoms. The molecule has 0 aliphatic carbocycles. The minimum Gasteiger partial charge on any atom is -0.453 e. The molecule has 0 spiro atoms. The molecule has 2 aromatic carbocycles. The summed E-state index contributed by atoms with van der Waals surface area (Å²) in [5.41, 5.74) is 0.956. The largest absolute Gasteiger partial charge is 0.453 e. The zero-order valence-corrected chi connectivity index (χ0v) is 12.8. The zero-order chi connectivity index (χ0) is 17.9. The first-order valence-electron chi connectivity index (χ1n) is 7.28. The summed E-state index contributed by atoms with van der Waals surface area (Å²) in [4.78, 5) is 15.8. The summed E-state index contributed by atoms with van der Waals surface area (Å²) in [6.07, 6.45) is -1.89. The first-order valence-corrected chi connectivity index (χ1v) is 7.28. The van der Waals surface area contributed by atoms with Crippen LogP contribution in [0.5, 0.6) is 0 Å². The third kappa shape index (κ3) is 4.26. The Morgan fingerprint density at radius 2 is 1.84 bits per heavy atom. The summed E-state index contributed by atoms with van der Waals surface area (Å²) < 4.78 is 47.8. The van der Waals surface area contributed by atoms with Gasteiger partial charge in [-0.05, 0) is 35.9 Å². The number of carbonyl (C=O) groups is 1. The number of benzene rings is 2. The van der Waals surface area contributed by atoms with Crippen LogP contribution in [0.3, 0.4) is 0 Å². The predicted octanol–water partition coefficient (Wildman–Crippen LogP) is 4.60. The molecule has 0 aliphatic heterocycles. The third-order valence-corrected chi connectivity index (χ3v) is 3.33. The number of fused-ring (bicyclic) bond motifs is 1. The molecule has 3 rings (SSSR count). The summed E-state index contributed by atoms with van der Waals surface area (Å²) in [5.74, 6) is -0.389. The fourth-order valence-electron chi connectivity index (χ4n) is 2.11.